The van der Waals surface area contributed by atoms with E-state index in [1.165, 1.54) is 70.6 Å². The van der Waals surface area contributed by atoms with Crippen LogP contribution in [0.15, 0.2) is 0 Å². The number of rotatable bonds is 0. The van der Waals surface area contributed by atoms with Crippen LogP contribution in [0.5, 0.6) is 0 Å². The summed E-state index contributed by atoms with van der Waals surface area (Å²) in [6, 6.07) is 0. The van der Waals surface area contributed by atoms with E-state index in [1.54, 1.807) is 0 Å². The second-order valence-corrected chi connectivity index (χ2v) is 6.27. The fourth-order valence-electron chi connectivity index (χ4n) is 3.05. The van der Waals surface area contributed by atoms with Crippen LogP contribution in [0.25, 0.3) is 0 Å². The molecule has 0 aromatic carbocycles. The number of hydrogen-bond acceptors (Lipinski definition) is 1. The summed E-state index contributed by atoms with van der Waals surface area (Å²) >= 11 is 0. The minimum Gasteiger partial charge on any atom is -0.378 e. The van der Waals surface area contributed by atoms with E-state index in [0.29, 0.717) is 0 Å². The van der Waals surface area contributed by atoms with Crippen LogP contribution >= 0.6 is 0 Å². The van der Waals surface area contributed by atoms with Crippen LogP contribution in [0.1, 0.15) is 96.3 Å². The van der Waals surface area contributed by atoms with Gasteiger partial charge in [-0.05, 0) is 25.7 Å². The summed E-state index contributed by atoms with van der Waals surface area (Å²) in [5, 5.41) is 10.4. The van der Waals surface area contributed by atoms with Crippen LogP contribution in [0.4, 0.5) is 0 Å². The van der Waals surface area contributed by atoms with Crippen molar-refractivity contribution in [2.45, 2.75) is 102 Å². The predicted octanol–water partition coefficient (Wildman–Crippen LogP) is 5.22. The highest BCUT2D eigenvalue weighted by atomic mass is 16.3. The van der Waals surface area contributed by atoms with E-state index in [4.69, 9.17) is 6.42 Å². The molecule has 0 saturated heterocycles. The first-order chi connectivity index (χ1) is 9.27. The molecule has 0 unspecified atom stereocenters. The monoisotopic (exact) mass is 264 g/mol. The van der Waals surface area contributed by atoms with Gasteiger partial charge in [0, 0.05) is 0 Å². The molecule has 0 amide bonds. The first kappa shape index (κ1) is 16.6. The van der Waals surface area contributed by atoms with Crippen molar-refractivity contribution in [3.63, 3.8) is 0 Å². The first-order valence-electron chi connectivity index (χ1n) is 8.47. The van der Waals surface area contributed by atoms with Crippen LogP contribution in [-0.4, -0.2) is 10.7 Å². The lowest BCUT2D eigenvalue weighted by Crippen LogP contribution is -2.26. The van der Waals surface area contributed by atoms with Gasteiger partial charge in [-0.3, -0.25) is 0 Å². The van der Waals surface area contributed by atoms with E-state index < -0.39 is 5.60 Å². The minimum atomic E-state index is -0.822. The summed E-state index contributed by atoms with van der Waals surface area (Å²) in [5.74, 6) is 2.64. The van der Waals surface area contributed by atoms with Crippen molar-refractivity contribution in [2.24, 2.45) is 0 Å². The van der Waals surface area contributed by atoms with Gasteiger partial charge in [0.2, 0.25) is 0 Å². The Morgan fingerprint density at radius 3 is 1.11 bits per heavy atom. The first-order valence-corrected chi connectivity index (χ1v) is 8.47. The van der Waals surface area contributed by atoms with E-state index in [2.05, 4.69) is 5.92 Å². The van der Waals surface area contributed by atoms with Crippen molar-refractivity contribution in [2.75, 3.05) is 0 Å². The highest BCUT2D eigenvalue weighted by Gasteiger charge is 2.22. The normalized spacial score (nSPS) is 24.4. The molecule has 0 bridgehead atoms. The van der Waals surface area contributed by atoms with Crippen molar-refractivity contribution in [3.05, 3.63) is 0 Å². The maximum Gasteiger partial charge on any atom is 0.125 e. The zero-order valence-corrected chi connectivity index (χ0v) is 12.6. The van der Waals surface area contributed by atoms with Crippen molar-refractivity contribution in [1.29, 1.82) is 0 Å². The average Bonchev–Trinajstić information content (AvgIpc) is 2.42. The minimum absolute atomic E-state index is 0.795. The van der Waals surface area contributed by atoms with Crippen LogP contribution < -0.4 is 0 Å². The van der Waals surface area contributed by atoms with E-state index in [0.717, 1.165) is 25.7 Å². The Balaban J connectivity index is 2.30. The molecule has 1 fully saturated rings. The summed E-state index contributed by atoms with van der Waals surface area (Å²) in [6.07, 6.45) is 24.1. The van der Waals surface area contributed by atoms with Crippen LogP contribution in [-0.2, 0) is 0 Å². The Morgan fingerprint density at radius 2 is 0.842 bits per heavy atom. The topological polar surface area (TPSA) is 20.2 Å². The Labute approximate surface area is 120 Å². The third-order valence-electron chi connectivity index (χ3n) is 4.45. The second kappa shape index (κ2) is 10.3. The number of aliphatic hydroxyl groups is 1. The summed E-state index contributed by atoms with van der Waals surface area (Å²) in [5.41, 5.74) is -0.822. The Morgan fingerprint density at radius 1 is 0.579 bits per heavy atom. The number of terminal acetylenes is 1. The molecule has 0 heterocycles. The lowest BCUT2D eigenvalue weighted by molar-refractivity contribution is 0.0763. The molecule has 1 N–H and O–H groups in total. The van der Waals surface area contributed by atoms with Gasteiger partial charge < -0.3 is 5.11 Å². The largest absolute Gasteiger partial charge is 0.378 e. The lowest BCUT2D eigenvalue weighted by Gasteiger charge is -2.22. The number of hydrogen-bond donors (Lipinski definition) is 1. The molecule has 1 rings (SSSR count). The Bertz CT molecular complexity index is 235. The fraction of sp³-hybridized carbons (Fsp3) is 0.889. The SMILES string of the molecule is C#CC1(O)CCCCCCCCCCCCCCC1. The van der Waals surface area contributed by atoms with Crippen molar-refractivity contribution < 1.29 is 5.11 Å². The van der Waals surface area contributed by atoms with E-state index >= 15 is 0 Å². The second-order valence-electron chi connectivity index (χ2n) is 6.27. The van der Waals surface area contributed by atoms with Crippen molar-refractivity contribution >= 4 is 0 Å². The molecule has 0 aromatic heterocycles. The summed E-state index contributed by atoms with van der Waals surface area (Å²) in [6.45, 7) is 0. The molecule has 1 nitrogen and oxygen atoms in total. The van der Waals surface area contributed by atoms with E-state index in [1.807, 2.05) is 0 Å². The summed E-state index contributed by atoms with van der Waals surface area (Å²) in [4.78, 5) is 0. The van der Waals surface area contributed by atoms with Gasteiger partial charge in [0.25, 0.3) is 0 Å². The maximum atomic E-state index is 10.4. The zero-order valence-electron chi connectivity index (χ0n) is 12.6. The highest BCUT2D eigenvalue weighted by molar-refractivity contribution is 5.06. The molecule has 0 aliphatic heterocycles. The van der Waals surface area contributed by atoms with Gasteiger partial charge >= 0.3 is 0 Å². The van der Waals surface area contributed by atoms with Crippen LogP contribution in [0, 0.1) is 12.3 Å². The quantitative estimate of drug-likeness (QED) is 0.595. The highest BCUT2D eigenvalue weighted by Crippen LogP contribution is 2.23. The predicted molar refractivity (Wildman–Crippen MR) is 83.0 cm³/mol. The van der Waals surface area contributed by atoms with Gasteiger partial charge in [0.05, 0.1) is 0 Å². The molecular weight excluding hydrogens is 232 g/mol. The Hall–Kier alpha value is -0.480. The molecule has 1 heteroatoms. The van der Waals surface area contributed by atoms with Gasteiger partial charge in [0.15, 0.2) is 0 Å². The molecule has 1 saturated carbocycles. The molecule has 0 spiro atoms. The molecule has 19 heavy (non-hydrogen) atoms. The summed E-state index contributed by atoms with van der Waals surface area (Å²) in [7, 11) is 0. The average molecular weight is 264 g/mol. The molecule has 1 aliphatic rings. The molecule has 0 aromatic rings. The van der Waals surface area contributed by atoms with Crippen LogP contribution in [0.3, 0.4) is 0 Å². The van der Waals surface area contributed by atoms with Gasteiger partial charge in [-0.2, -0.15) is 0 Å². The van der Waals surface area contributed by atoms with E-state index in [-0.39, 0.29) is 0 Å². The maximum absolute atomic E-state index is 10.4. The molecule has 0 atom stereocenters. The van der Waals surface area contributed by atoms with Gasteiger partial charge in [-0.25, -0.2) is 0 Å². The summed E-state index contributed by atoms with van der Waals surface area (Å²) < 4.78 is 0. The fourth-order valence-corrected chi connectivity index (χ4v) is 3.05. The molecule has 0 radical (unpaired) electrons. The van der Waals surface area contributed by atoms with Gasteiger partial charge in [0.1, 0.15) is 5.60 Å². The standard InChI is InChI=1S/C18H32O/c1-2-18(19)16-14-12-10-8-6-4-3-5-7-9-11-13-15-17-18/h1,19H,3-17H2. The molecule has 1 aliphatic carbocycles. The third kappa shape index (κ3) is 8.32. The zero-order chi connectivity index (χ0) is 13.8. The lowest BCUT2D eigenvalue weighted by atomic mass is 9.90. The third-order valence-corrected chi connectivity index (χ3v) is 4.45. The van der Waals surface area contributed by atoms with Gasteiger partial charge in [-0.1, -0.05) is 76.5 Å². The molecular formula is C18H32O. The van der Waals surface area contributed by atoms with Crippen molar-refractivity contribution in [3.8, 4) is 12.3 Å². The smallest absolute Gasteiger partial charge is 0.125 e. The van der Waals surface area contributed by atoms with Gasteiger partial charge in [-0.15, -0.1) is 6.42 Å². The Kier molecular flexibility index (Phi) is 9.01. The van der Waals surface area contributed by atoms with E-state index in [9.17, 15) is 5.11 Å². The van der Waals surface area contributed by atoms with Crippen LogP contribution in [0.2, 0.25) is 0 Å². The van der Waals surface area contributed by atoms with Crippen molar-refractivity contribution in [1.82, 2.24) is 0 Å². The molecule has 110 valence electrons.